The normalized spacial score (nSPS) is 17.9. The first-order valence-corrected chi connectivity index (χ1v) is 6.66. The van der Waals surface area contributed by atoms with Crippen LogP contribution in [0.25, 0.3) is 0 Å². The molecule has 1 fully saturated rings. The van der Waals surface area contributed by atoms with Gasteiger partial charge in [-0.05, 0) is 40.0 Å². The molecule has 0 bridgehead atoms. The number of hydrogen-bond donors (Lipinski definition) is 1. The molecular weight excluding hydrogens is 212 g/mol. The molecule has 1 aromatic rings. The molecule has 2 N–H and O–H groups in total. The van der Waals surface area contributed by atoms with Gasteiger partial charge in [0.2, 0.25) is 0 Å². The molecule has 4 heteroatoms. The van der Waals surface area contributed by atoms with E-state index in [1.807, 2.05) is 0 Å². The molecule has 0 amide bonds. The minimum absolute atomic E-state index is 0.125. The van der Waals surface area contributed by atoms with Crippen LogP contribution in [0.15, 0.2) is 0 Å². The molecule has 2 rings (SSSR count). The summed E-state index contributed by atoms with van der Waals surface area (Å²) in [5.41, 5.74) is 5.91. The Bertz CT molecular complexity index is 369. The van der Waals surface area contributed by atoms with Crippen molar-refractivity contribution in [2.75, 3.05) is 0 Å². The summed E-state index contributed by atoms with van der Waals surface area (Å²) in [4.78, 5) is 0. The Labute approximate surface area is 104 Å². The SMILES string of the molecule is Cc1nnc(CCC(C)(C)N)n1C1CCCC1. The lowest BCUT2D eigenvalue weighted by Gasteiger charge is -2.20. The molecule has 0 atom stereocenters. The summed E-state index contributed by atoms with van der Waals surface area (Å²) in [5, 5.41) is 8.55. The monoisotopic (exact) mass is 236 g/mol. The highest BCUT2D eigenvalue weighted by Gasteiger charge is 2.23. The minimum Gasteiger partial charge on any atom is -0.326 e. The van der Waals surface area contributed by atoms with Crippen molar-refractivity contribution in [2.45, 2.75) is 70.9 Å². The van der Waals surface area contributed by atoms with E-state index in [1.54, 1.807) is 0 Å². The Morgan fingerprint density at radius 1 is 1.29 bits per heavy atom. The molecule has 0 spiro atoms. The van der Waals surface area contributed by atoms with Gasteiger partial charge in [-0.1, -0.05) is 12.8 Å². The molecule has 1 aliphatic rings. The highest BCUT2D eigenvalue weighted by Crippen LogP contribution is 2.31. The van der Waals surface area contributed by atoms with Gasteiger partial charge in [0, 0.05) is 18.0 Å². The van der Waals surface area contributed by atoms with Gasteiger partial charge in [-0.3, -0.25) is 0 Å². The number of rotatable bonds is 4. The van der Waals surface area contributed by atoms with E-state index in [0.717, 1.165) is 24.5 Å². The highest BCUT2D eigenvalue weighted by molar-refractivity contribution is 4.99. The van der Waals surface area contributed by atoms with Crippen LogP contribution in [0, 0.1) is 6.92 Å². The molecule has 96 valence electrons. The Morgan fingerprint density at radius 3 is 2.53 bits per heavy atom. The molecule has 1 aromatic heterocycles. The van der Waals surface area contributed by atoms with Crippen LogP contribution < -0.4 is 5.73 Å². The van der Waals surface area contributed by atoms with Crippen molar-refractivity contribution < 1.29 is 0 Å². The fourth-order valence-corrected chi connectivity index (χ4v) is 2.66. The maximum Gasteiger partial charge on any atom is 0.133 e. The summed E-state index contributed by atoms with van der Waals surface area (Å²) in [7, 11) is 0. The summed E-state index contributed by atoms with van der Waals surface area (Å²) < 4.78 is 2.35. The third-order valence-electron chi connectivity index (χ3n) is 3.62. The van der Waals surface area contributed by atoms with Crippen molar-refractivity contribution in [2.24, 2.45) is 5.73 Å². The van der Waals surface area contributed by atoms with E-state index < -0.39 is 0 Å². The van der Waals surface area contributed by atoms with Crippen LogP contribution in [0.2, 0.25) is 0 Å². The Hall–Kier alpha value is -0.900. The maximum atomic E-state index is 6.04. The van der Waals surface area contributed by atoms with E-state index in [1.165, 1.54) is 25.7 Å². The molecule has 0 aliphatic heterocycles. The number of aromatic nitrogens is 3. The third kappa shape index (κ3) is 3.06. The Morgan fingerprint density at radius 2 is 1.94 bits per heavy atom. The maximum absolute atomic E-state index is 6.04. The van der Waals surface area contributed by atoms with Crippen LogP contribution in [0.4, 0.5) is 0 Å². The van der Waals surface area contributed by atoms with E-state index >= 15 is 0 Å². The molecule has 0 aromatic carbocycles. The van der Waals surface area contributed by atoms with Crippen LogP contribution in [-0.4, -0.2) is 20.3 Å². The molecular formula is C13H24N4. The molecule has 1 heterocycles. The summed E-state index contributed by atoms with van der Waals surface area (Å²) in [6.07, 6.45) is 7.11. The van der Waals surface area contributed by atoms with Crippen molar-refractivity contribution in [3.05, 3.63) is 11.6 Å². The van der Waals surface area contributed by atoms with Gasteiger partial charge in [0.1, 0.15) is 11.6 Å². The molecule has 1 saturated carbocycles. The van der Waals surface area contributed by atoms with Gasteiger partial charge < -0.3 is 10.3 Å². The number of nitrogens with zero attached hydrogens (tertiary/aromatic N) is 3. The third-order valence-corrected chi connectivity index (χ3v) is 3.62. The fraction of sp³-hybridized carbons (Fsp3) is 0.846. The first-order valence-electron chi connectivity index (χ1n) is 6.66. The zero-order chi connectivity index (χ0) is 12.5. The Kier molecular flexibility index (Phi) is 3.52. The van der Waals surface area contributed by atoms with Gasteiger partial charge in [0.05, 0.1) is 0 Å². The lowest BCUT2D eigenvalue weighted by atomic mass is 10.00. The van der Waals surface area contributed by atoms with E-state index in [-0.39, 0.29) is 5.54 Å². The molecule has 17 heavy (non-hydrogen) atoms. The van der Waals surface area contributed by atoms with Gasteiger partial charge >= 0.3 is 0 Å². The van der Waals surface area contributed by atoms with Crippen LogP contribution >= 0.6 is 0 Å². The van der Waals surface area contributed by atoms with E-state index in [0.29, 0.717) is 6.04 Å². The second-order valence-corrected chi connectivity index (χ2v) is 5.96. The van der Waals surface area contributed by atoms with Gasteiger partial charge in [0.15, 0.2) is 0 Å². The summed E-state index contributed by atoms with van der Waals surface area (Å²) in [5.74, 6) is 2.18. The van der Waals surface area contributed by atoms with E-state index in [4.69, 9.17) is 5.73 Å². The topological polar surface area (TPSA) is 56.7 Å². The van der Waals surface area contributed by atoms with E-state index in [2.05, 4.69) is 35.5 Å². The summed E-state index contributed by atoms with van der Waals surface area (Å²) >= 11 is 0. The average molecular weight is 236 g/mol. The zero-order valence-corrected chi connectivity index (χ0v) is 11.2. The number of hydrogen-bond acceptors (Lipinski definition) is 3. The first-order chi connectivity index (χ1) is 7.97. The zero-order valence-electron chi connectivity index (χ0n) is 11.2. The molecule has 0 saturated heterocycles. The minimum atomic E-state index is -0.125. The summed E-state index contributed by atoms with van der Waals surface area (Å²) in [6.45, 7) is 6.19. The molecule has 4 nitrogen and oxygen atoms in total. The molecule has 1 aliphatic carbocycles. The lowest BCUT2D eigenvalue weighted by molar-refractivity contribution is 0.441. The Balaban J connectivity index is 2.11. The highest BCUT2D eigenvalue weighted by atomic mass is 15.3. The van der Waals surface area contributed by atoms with Crippen LogP contribution in [0.3, 0.4) is 0 Å². The van der Waals surface area contributed by atoms with E-state index in [9.17, 15) is 0 Å². The summed E-state index contributed by atoms with van der Waals surface area (Å²) in [6, 6.07) is 0.626. The van der Waals surface area contributed by atoms with Crippen LogP contribution in [-0.2, 0) is 6.42 Å². The average Bonchev–Trinajstić information content (AvgIpc) is 2.82. The van der Waals surface area contributed by atoms with Crippen molar-refractivity contribution in [1.29, 1.82) is 0 Å². The molecule has 0 unspecified atom stereocenters. The van der Waals surface area contributed by atoms with Gasteiger partial charge in [0.25, 0.3) is 0 Å². The number of aryl methyl sites for hydroxylation is 2. The smallest absolute Gasteiger partial charge is 0.133 e. The van der Waals surface area contributed by atoms with Crippen LogP contribution in [0.1, 0.15) is 63.6 Å². The van der Waals surface area contributed by atoms with Crippen molar-refractivity contribution in [1.82, 2.24) is 14.8 Å². The van der Waals surface area contributed by atoms with Crippen molar-refractivity contribution in [3.63, 3.8) is 0 Å². The van der Waals surface area contributed by atoms with Gasteiger partial charge in [-0.25, -0.2) is 0 Å². The molecule has 0 radical (unpaired) electrons. The standard InChI is InChI=1S/C13H24N4/c1-10-15-16-12(8-9-13(2,3)14)17(10)11-6-4-5-7-11/h11H,4-9,14H2,1-3H3. The quantitative estimate of drug-likeness (QED) is 0.873. The first kappa shape index (κ1) is 12.6. The lowest BCUT2D eigenvalue weighted by Crippen LogP contribution is -2.32. The van der Waals surface area contributed by atoms with Crippen molar-refractivity contribution >= 4 is 0 Å². The predicted octanol–water partition coefficient (Wildman–Crippen LogP) is 2.37. The van der Waals surface area contributed by atoms with Gasteiger partial charge in [-0.2, -0.15) is 0 Å². The second-order valence-electron chi connectivity index (χ2n) is 5.96. The largest absolute Gasteiger partial charge is 0.326 e. The van der Waals surface area contributed by atoms with Gasteiger partial charge in [-0.15, -0.1) is 10.2 Å². The predicted molar refractivity (Wildman–Crippen MR) is 68.9 cm³/mol. The fourth-order valence-electron chi connectivity index (χ4n) is 2.66. The second kappa shape index (κ2) is 4.77. The van der Waals surface area contributed by atoms with Crippen molar-refractivity contribution in [3.8, 4) is 0 Å². The van der Waals surface area contributed by atoms with Crippen LogP contribution in [0.5, 0.6) is 0 Å². The number of nitrogens with two attached hydrogens (primary N) is 1.